The minimum Gasteiger partial charge on any atom is -0.334 e. The smallest absolute Gasteiger partial charge is 0.321 e. The Morgan fingerprint density at radius 3 is 2.25 bits per heavy atom. The summed E-state index contributed by atoms with van der Waals surface area (Å²) in [5.74, 6) is -0.418. The van der Waals surface area contributed by atoms with Crippen LogP contribution in [0.15, 0.2) is 0 Å². The van der Waals surface area contributed by atoms with E-state index in [0.29, 0.717) is 5.92 Å². The van der Waals surface area contributed by atoms with Crippen LogP contribution in [0.1, 0.15) is 13.8 Å². The Labute approximate surface area is 102 Å². The first-order valence-corrected chi connectivity index (χ1v) is 5.71. The molecule has 0 saturated carbocycles. The molecular weight excluding hydrogens is 230 g/mol. The van der Waals surface area contributed by atoms with Crippen LogP contribution in [0.25, 0.3) is 0 Å². The number of halogens is 1. The van der Waals surface area contributed by atoms with E-state index in [-0.39, 0.29) is 11.9 Å². The van der Waals surface area contributed by atoms with Crippen LogP contribution in [0.3, 0.4) is 0 Å². The minimum atomic E-state index is -0.494. The Morgan fingerprint density at radius 1 is 1.31 bits per heavy atom. The van der Waals surface area contributed by atoms with Crippen molar-refractivity contribution in [3.8, 4) is 0 Å². The number of urea groups is 1. The Balaban J connectivity index is 4.18. The topological polar surface area (TPSA) is 61.4 Å². The fourth-order valence-corrected chi connectivity index (χ4v) is 1.25. The average Bonchev–Trinajstić information content (AvgIpc) is 2.15. The molecule has 1 atom stereocenters. The van der Waals surface area contributed by atoms with Crippen LogP contribution < -0.4 is 10.6 Å². The fraction of sp³-hybridized carbons (Fsp3) is 0.800. The average molecular weight is 250 g/mol. The lowest BCUT2D eigenvalue weighted by Gasteiger charge is -2.25. The number of likely N-dealkylation sites (N-methyl/N-ethyl adjacent to an activating group) is 1. The number of amides is 3. The predicted molar refractivity (Wildman–Crippen MR) is 64.6 cm³/mol. The Hall–Kier alpha value is -0.810. The van der Waals surface area contributed by atoms with Crippen molar-refractivity contribution < 1.29 is 9.59 Å². The fourth-order valence-electron chi connectivity index (χ4n) is 1.18. The van der Waals surface area contributed by atoms with Gasteiger partial charge in [0.2, 0.25) is 5.91 Å². The van der Waals surface area contributed by atoms with E-state index >= 15 is 0 Å². The molecule has 6 heteroatoms. The third-order valence-electron chi connectivity index (χ3n) is 2.06. The highest BCUT2D eigenvalue weighted by Crippen LogP contribution is 2.02. The monoisotopic (exact) mass is 249 g/mol. The lowest BCUT2D eigenvalue weighted by atomic mass is 10.0. The zero-order valence-electron chi connectivity index (χ0n) is 10.2. The number of carbonyl (C=O) groups excluding carboxylic acids is 2. The Kier molecular flexibility index (Phi) is 7.08. The van der Waals surface area contributed by atoms with E-state index in [1.165, 1.54) is 0 Å². The van der Waals surface area contributed by atoms with E-state index in [4.69, 9.17) is 11.6 Å². The van der Waals surface area contributed by atoms with Crippen molar-refractivity contribution in [3.63, 3.8) is 0 Å². The van der Waals surface area contributed by atoms with Gasteiger partial charge >= 0.3 is 6.03 Å². The first-order chi connectivity index (χ1) is 7.36. The molecule has 3 amide bonds. The van der Waals surface area contributed by atoms with Gasteiger partial charge in [0.05, 0.1) is 0 Å². The van der Waals surface area contributed by atoms with Gasteiger partial charge in [0.1, 0.15) is 5.88 Å². The molecule has 0 aliphatic rings. The zero-order valence-corrected chi connectivity index (χ0v) is 11.0. The highest BCUT2D eigenvalue weighted by molar-refractivity contribution is 6.28. The maximum Gasteiger partial charge on any atom is 0.321 e. The summed E-state index contributed by atoms with van der Waals surface area (Å²) in [6, 6.07) is -0.496. The third-order valence-corrected chi connectivity index (χ3v) is 2.30. The first kappa shape index (κ1) is 15.2. The van der Waals surface area contributed by atoms with E-state index < -0.39 is 11.9 Å². The van der Waals surface area contributed by atoms with Crippen molar-refractivity contribution in [2.45, 2.75) is 19.9 Å². The number of nitrogens with one attached hydrogen (secondary N) is 2. The molecule has 0 saturated heterocycles. The van der Waals surface area contributed by atoms with Gasteiger partial charge in [-0.05, 0) is 20.0 Å². The summed E-state index contributed by atoms with van der Waals surface area (Å²) in [6.45, 7) is 4.75. The summed E-state index contributed by atoms with van der Waals surface area (Å²) in [7, 11) is 3.86. The molecule has 0 rings (SSSR count). The first-order valence-electron chi connectivity index (χ1n) is 5.17. The molecule has 0 spiro atoms. The molecule has 0 aromatic carbocycles. The normalized spacial score (nSPS) is 12.7. The summed E-state index contributed by atoms with van der Waals surface area (Å²) >= 11 is 5.28. The molecule has 0 bridgehead atoms. The molecule has 0 aliphatic heterocycles. The number of imide groups is 1. The van der Waals surface area contributed by atoms with Gasteiger partial charge in [0.15, 0.2) is 0 Å². The van der Waals surface area contributed by atoms with Crippen molar-refractivity contribution in [2.75, 3.05) is 26.5 Å². The summed E-state index contributed by atoms with van der Waals surface area (Å²) in [4.78, 5) is 24.3. The van der Waals surface area contributed by atoms with E-state index in [0.717, 1.165) is 6.54 Å². The van der Waals surface area contributed by atoms with Crippen LogP contribution in [-0.4, -0.2) is 49.4 Å². The van der Waals surface area contributed by atoms with Crippen LogP contribution in [0.4, 0.5) is 4.79 Å². The van der Waals surface area contributed by atoms with Gasteiger partial charge in [0.25, 0.3) is 0 Å². The van der Waals surface area contributed by atoms with Crippen molar-refractivity contribution in [3.05, 3.63) is 0 Å². The van der Waals surface area contributed by atoms with Gasteiger partial charge in [-0.15, -0.1) is 11.6 Å². The van der Waals surface area contributed by atoms with Gasteiger partial charge in [-0.2, -0.15) is 0 Å². The maximum atomic E-state index is 11.4. The molecule has 94 valence electrons. The zero-order chi connectivity index (χ0) is 12.7. The molecule has 0 fully saturated rings. The third kappa shape index (κ3) is 6.63. The number of hydrogen-bond acceptors (Lipinski definition) is 3. The number of rotatable bonds is 5. The SMILES string of the molecule is CC(C)C(CN(C)C)NC(=O)NC(=O)CCl. The molecule has 2 N–H and O–H groups in total. The number of carbonyl (C=O) groups is 2. The Morgan fingerprint density at radius 2 is 1.88 bits per heavy atom. The molecule has 5 nitrogen and oxygen atoms in total. The van der Waals surface area contributed by atoms with Crippen LogP contribution in [0, 0.1) is 5.92 Å². The van der Waals surface area contributed by atoms with E-state index in [1.807, 2.05) is 32.8 Å². The molecule has 0 heterocycles. The summed E-state index contributed by atoms with van der Waals surface area (Å²) < 4.78 is 0. The summed E-state index contributed by atoms with van der Waals surface area (Å²) in [5.41, 5.74) is 0. The highest BCUT2D eigenvalue weighted by Gasteiger charge is 2.17. The molecular formula is C10H20ClN3O2. The molecule has 0 aromatic rings. The van der Waals surface area contributed by atoms with Crippen molar-refractivity contribution >= 4 is 23.5 Å². The quantitative estimate of drug-likeness (QED) is 0.703. The number of nitrogens with zero attached hydrogens (tertiary/aromatic N) is 1. The molecule has 16 heavy (non-hydrogen) atoms. The molecule has 0 radical (unpaired) electrons. The molecule has 0 aromatic heterocycles. The van der Waals surface area contributed by atoms with Gasteiger partial charge in [-0.1, -0.05) is 13.8 Å². The Bertz CT molecular complexity index is 244. The summed E-state index contributed by atoms with van der Waals surface area (Å²) in [5, 5.41) is 4.89. The van der Waals surface area contributed by atoms with Crippen molar-refractivity contribution in [1.82, 2.24) is 15.5 Å². The van der Waals surface area contributed by atoms with E-state index in [2.05, 4.69) is 10.6 Å². The molecule has 1 unspecified atom stereocenters. The van der Waals surface area contributed by atoms with Crippen molar-refractivity contribution in [1.29, 1.82) is 0 Å². The minimum absolute atomic E-state index is 0.00174. The molecule has 0 aliphatic carbocycles. The maximum absolute atomic E-state index is 11.4. The second-order valence-electron chi connectivity index (χ2n) is 4.27. The lowest BCUT2D eigenvalue weighted by Crippen LogP contribution is -2.50. The lowest BCUT2D eigenvalue weighted by molar-refractivity contribution is -0.117. The second kappa shape index (κ2) is 7.46. The highest BCUT2D eigenvalue weighted by atomic mass is 35.5. The van der Waals surface area contributed by atoms with Gasteiger partial charge in [-0.3, -0.25) is 10.1 Å². The largest absolute Gasteiger partial charge is 0.334 e. The second-order valence-corrected chi connectivity index (χ2v) is 4.54. The van der Waals surface area contributed by atoms with Gasteiger partial charge in [-0.25, -0.2) is 4.79 Å². The predicted octanol–water partition coefficient (Wildman–Crippen LogP) is 0.637. The summed E-state index contributed by atoms with van der Waals surface area (Å²) in [6.07, 6.45) is 0. The van der Waals surface area contributed by atoms with Crippen LogP contribution in [0.2, 0.25) is 0 Å². The number of alkyl halides is 1. The van der Waals surface area contributed by atoms with Gasteiger partial charge < -0.3 is 10.2 Å². The van der Waals surface area contributed by atoms with E-state index in [9.17, 15) is 9.59 Å². The van der Waals surface area contributed by atoms with Crippen LogP contribution in [0.5, 0.6) is 0 Å². The van der Waals surface area contributed by atoms with E-state index in [1.54, 1.807) is 0 Å². The van der Waals surface area contributed by atoms with Crippen LogP contribution >= 0.6 is 11.6 Å². The van der Waals surface area contributed by atoms with Crippen LogP contribution in [-0.2, 0) is 4.79 Å². The van der Waals surface area contributed by atoms with Crippen molar-refractivity contribution in [2.24, 2.45) is 5.92 Å². The number of hydrogen-bond donors (Lipinski definition) is 2. The van der Waals surface area contributed by atoms with Gasteiger partial charge in [0, 0.05) is 12.6 Å². The standard InChI is InChI=1S/C10H20ClN3O2/c1-7(2)8(6-14(3)4)12-10(16)13-9(15)5-11/h7-8H,5-6H2,1-4H3,(H2,12,13,15,16).